The lowest BCUT2D eigenvalue weighted by atomic mass is 9.77. The number of aldehydes is 1. The number of rotatable bonds is 12. The second-order valence-corrected chi connectivity index (χ2v) is 9.97. The minimum absolute atomic E-state index is 0.0378. The molecule has 4 unspecified atom stereocenters. The Bertz CT molecular complexity index is 1050. The van der Waals surface area contributed by atoms with Crippen molar-refractivity contribution in [3.8, 4) is 11.5 Å². The lowest BCUT2D eigenvalue weighted by molar-refractivity contribution is -0.141. The van der Waals surface area contributed by atoms with Crippen LogP contribution in [0.15, 0.2) is 23.8 Å². The molecular weight excluding hydrogens is 492 g/mol. The molecule has 1 heterocycles. The highest BCUT2D eigenvalue weighted by Gasteiger charge is 2.51. The predicted octanol–water partition coefficient (Wildman–Crippen LogP) is 1.58. The predicted molar refractivity (Wildman–Crippen MR) is 138 cm³/mol. The Balaban J connectivity index is 1.75. The number of aliphatic hydroxyl groups excluding tert-OH is 2. The zero-order valence-corrected chi connectivity index (χ0v) is 22.1. The summed E-state index contributed by atoms with van der Waals surface area (Å²) in [5, 5.41) is 23.7. The van der Waals surface area contributed by atoms with Gasteiger partial charge in [-0.2, -0.15) is 0 Å². The molecule has 1 aromatic carbocycles. The molecule has 0 saturated heterocycles. The summed E-state index contributed by atoms with van der Waals surface area (Å²) >= 11 is 0. The Kier molecular flexibility index (Phi) is 9.40. The van der Waals surface area contributed by atoms with Gasteiger partial charge in [-0.25, -0.2) is 0 Å². The standard InChI is InChI=1S/C28H38N2O8/c1-3-37-12-6-10-30(28(35)18-7-4-5-8-18)21-15-20(27(34)29-9-11-31)23-19-13-17(16-32)14-22(36-2)25(19)38-26(23)24(21)33/h13-16,18,21,23-24,26,31,33H,3-12H2,1-2H3,(H,29,34). The lowest BCUT2D eigenvalue weighted by Gasteiger charge is -2.41. The van der Waals surface area contributed by atoms with Gasteiger partial charge in [-0.1, -0.05) is 12.8 Å². The van der Waals surface area contributed by atoms with Crippen LogP contribution in [0.25, 0.3) is 0 Å². The Labute approximate surface area is 222 Å². The number of fused-ring (bicyclic) bond motifs is 3. The molecule has 1 aromatic rings. The number of amides is 2. The van der Waals surface area contributed by atoms with Gasteiger partial charge >= 0.3 is 0 Å². The first-order valence-corrected chi connectivity index (χ1v) is 13.5. The molecule has 0 bridgehead atoms. The highest BCUT2D eigenvalue weighted by atomic mass is 16.5. The second kappa shape index (κ2) is 12.7. The van der Waals surface area contributed by atoms with Crippen molar-refractivity contribution in [1.82, 2.24) is 10.2 Å². The first-order valence-electron chi connectivity index (χ1n) is 13.5. The topological polar surface area (TPSA) is 135 Å². The Hall–Kier alpha value is -2.95. The van der Waals surface area contributed by atoms with Gasteiger partial charge in [-0.3, -0.25) is 14.4 Å². The average Bonchev–Trinajstić information content (AvgIpc) is 3.61. The summed E-state index contributed by atoms with van der Waals surface area (Å²) in [7, 11) is 1.46. The van der Waals surface area contributed by atoms with E-state index in [1.807, 2.05) is 6.92 Å². The van der Waals surface area contributed by atoms with Crippen molar-refractivity contribution >= 4 is 18.1 Å². The number of benzene rings is 1. The van der Waals surface area contributed by atoms with Crippen LogP contribution in [0.3, 0.4) is 0 Å². The number of aliphatic hydroxyl groups is 2. The van der Waals surface area contributed by atoms with E-state index in [0.717, 1.165) is 25.7 Å². The maximum atomic E-state index is 13.7. The Morgan fingerprint density at radius 1 is 1.26 bits per heavy atom. The van der Waals surface area contributed by atoms with E-state index in [1.165, 1.54) is 7.11 Å². The van der Waals surface area contributed by atoms with Crippen LogP contribution in [0.1, 0.15) is 60.9 Å². The molecule has 10 nitrogen and oxygen atoms in total. The first kappa shape index (κ1) is 28.1. The zero-order chi connectivity index (χ0) is 27.2. The summed E-state index contributed by atoms with van der Waals surface area (Å²) in [6.07, 6.45) is 4.50. The normalized spacial score (nSPS) is 24.2. The Morgan fingerprint density at radius 3 is 2.68 bits per heavy atom. The van der Waals surface area contributed by atoms with Crippen LogP contribution in [0.2, 0.25) is 0 Å². The number of hydrogen-bond donors (Lipinski definition) is 3. The third-order valence-corrected chi connectivity index (χ3v) is 7.65. The van der Waals surface area contributed by atoms with E-state index in [2.05, 4.69) is 5.32 Å². The molecule has 10 heteroatoms. The molecule has 0 spiro atoms. The fourth-order valence-corrected chi connectivity index (χ4v) is 5.85. The first-order chi connectivity index (χ1) is 18.4. The number of nitrogens with one attached hydrogen (secondary N) is 1. The molecule has 4 rings (SSSR count). The van der Waals surface area contributed by atoms with Gasteiger partial charge in [0, 0.05) is 48.9 Å². The van der Waals surface area contributed by atoms with Crippen molar-refractivity contribution < 1.29 is 38.8 Å². The van der Waals surface area contributed by atoms with Gasteiger partial charge < -0.3 is 34.6 Å². The van der Waals surface area contributed by atoms with E-state index in [1.54, 1.807) is 23.1 Å². The smallest absolute Gasteiger partial charge is 0.247 e. The maximum absolute atomic E-state index is 13.7. The summed E-state index contributed by atoms with van der Waals surface area (Å²) in [5.74, 6) is -0.587. The van der Waals surface area contributed by atoms with Crippen LogP contribution < -0.4 is 14.8 Å². The lowest BCUT2D eigenvalue weighted by Crippen LogP contribution is -2.57. The van der Waals surface area contributed by atoms with Gasteiger partial charge in [0.2, 0.25) is 11.8 Å². The molecule has 2 amide bonds. The summed E-state index contributed by atoms with van der Waals surface area (Å²) < 4.78 is 17.2. The molecule has 0 radical (unpaired) electrons. The molecule has 3 N–H and O–H groups in total. The van der Waals surface area contributed by atoms with Crippen molar-refractivity contribution in [3.05, 3.63) is 34.9 Å². The van der Waals surface area contributed by atoms with E-state index in [4.69, 9.17) is 14.2 Å². The van der Waals surface area contributed by atoms with Crippen molar-refractivity contribution in [2.24, 2.45) is 5.92 Å². The summed E-state index contributed by atoms with van der Waals surface area (Å²) in [4.78, 5) is 40.4. The van der Waals surface area contributed by atoms with E-state index in [0.29, 0.717) is 60.7 Å². The molecule has 4 atom stereocenters. The van der Waals surface area contributed by atoms with Gasteiger partial charge in [0.1, 0.15) is 18.5 Å². The molecular formula is C28H38N2O8. The van der Waals surface area contributed by atoms with Gasteiger partial charge in [0.05, 0.1) is 25.7 Å². The summed E-state index contributed by atoms with van der Waals surface area (Å²) in [6.45, 7) is 3.12. The molecule has 0 aromatic heterocycles. The monoisotopic (exact) mass is 530 g/mol. The number of hydrogen-bond acceptors (Lipinski definition) is 8. The SMILES string of the molecule is CCOCCCN(C(=O)C1CCCC1)C1C=C(C(=O)NCCO)C2c3cc(C=O)cc(OC)c3OC2C1O. The van der Waals surface area contributed by atoms with Crippen LogP contribution in [-0.2, 0) is 14.3 Å². The molecule has 1 fully saturated rings. The van der Waals surface area contributed by atoms with Gasteiger partial charge in [-0.15, -0.1) is 0 Å². The largest absolute Gasteiger partial charge is 0.493 e. The molecule has 3 aliphatic rings. The van der Waals surface area contributed by atoms with Gasteiger partial charge in [0.25, 0.3) is 0 Å². The molecule has 1 saturated carbocycles. The van der Waals surface area contributed by atoms with Gasteiger partial charge in [-0.05, 0) is 44.4 Å². The Morgan fingerprint density at radius 2 is 2.03 bits per heavy atom. The van der Waals surface area contributed by atoms with Crippen LogP contribution >= 0.6 is 0 Å². The van der Waals surface area contributed by atoms with Crippen LogP contribution in [0.5, 0.6) is 11.5 Å². The van der Waals surface area contributed by atoms with Crippen molar-refractivity contribution in [1.29, 1.82) is 0 Å². The molecule has 208 valence electrons. The average molecular weight is 531 g/mol. The number of nitrogens with zero attached hydrogens (tertiary/aromatic N) is 1. The molecule has 38 heavy (non-hydrogen) atoms. The van der Waals surface area contributed by atoms with E-state index in [9.17, 15) is 24.6 Å². The number of carbonyl (C=O) groups is 3. The quantitative estimate of drug-likeness (QED) is 0.274. The second-order valence-electron chi connectivity index (χ2n) is 9.97. The highest BCUT2D eigenvalue weighted by Crippen LogP contribution is 2.51. The minimum atomic E-state index is -1.14. The van der Waals surface area contributed by atoms with E-state index < -0.39 is 30.1 Å². The maximum Gasteiger partial charge on any atom is 0.247 e. The number of carbonyl (C=O) groups excluding carboxylic acids is 3. The van der Waals surface area contributed by atoms with E-state index in [-0.39, 0.29) is 25.0 Å². The highest BCUT2D eigenvalue weighted by molar-refractivity contribution is 5.96. The summed E-state index contributed by atoms with van der Waals surface area (Å²) in [6, 6.07) is 2.39. The number of ether oxygens (including phenoxy) is 3. The van der Waals surface area contributed by atoms with Crippen molar-refractivity contribution in [2.75, 3.05) is 40.0 Å². The molecule has 1 aliphatic heterocycles. The minimum Gasteiger partial charge on any atom is -0.493 e. The third-order valence-electron chi connectivity index (χ3n) is 7.65. The van der Waals surface area contributed by atoms with Crippen LogP contribution in [-0.4, -0.2) is 91.5 Å². The van der Waals surface area contributed by atoms with Gasteiger partial charge in [0.15, 0.2) is 11.5 Å². The third kappa shape index (κ3) is 5.57. The van der Waals surface area contributed by atoms with Crippen LogP contribution in [0.4, 0.5) is 0 Å². The fraction of sp³-hybridized carbons (Fsp3) is 0.607. The van der Waals surface area contributed by atoms with E-state index >= 15 is 0 Å². The zero-order valence-electron chi connectivity index (χ0n) is 22.1. The fourth-order valence-electron chi connectivity index (χ4n) is 5.85. The van der Waals surface area contributed by atoms with Crippen molar-refractivity contribution in [3.63, 3.8) is 0 Å². The molecule has 2 aliphatic carbocycles. The van der Waals surface area contributed by atoms with Crippen molar-refractivity contribution in [2.45, 2.75) is 63.2 Å². The number of methoxy groups -OCH3 is 1. The summed E-state index contributed by atoms with van der Waals surface area (Å²) in [5.41, 5.74) is 1.23. The van der Waals surface area contributed by atoms with Crippen LogP contribution in [0, 0.1) is 5.92 Å².